The molecule has 1 N–H and O–H groups in total. The first-order valence-electron chi connectivity index (χ1n) is 9.87. The number of piperidine rings is 1. The fraction of sp³-hybridized carbons (Fsp3) is 0.429. The van der Waals surface area contributed by atoms with Crippen molar-refractivity contribution in [3.63, 3.8) is 0 Å². The predicted molar refractivity (Wildman–Crippen MR) is 108 cm³/mol. The highest BCUT2D eigenvalue weighted by Crippen LogP contribution is 2.19. The van der Waals surface area contributed by atoms with Crippen LogP contribution in [0.3, 0.4) is 0 Å². The molecule has 9 heteroatoms. The van der Waals surface area contributed by atoms with E-state index in [1.54, 1.807) is 30.0 Å². The van der Waals surface area contributed by atoms with Crippen molar-refractivity contribution in [2.45, 2.75) is 19.8 Å². The first kappa shape index (κ1) is 21.4. The van der Waals surface area contributed by atoms with Crippen molar-refractivity contribution in [2.24, 2.45) is 5.92 Å². The Hall–Kier alpha value is -3.36. The maximum Gasteiger partial charge on any atom is 0.310 e. The number of likely N-dealkylation sites (N-methyl/N-ethyl adjacent to an activating group) is 1. The average molecular weight is 415 g/mol. The van der Waals surface area contributed by atoms with Crippen molar-refractivity contribution in [2.75, 3.05) is 33.3 Å². The fourth-order valence-electron chi connectivity index (χ4n) is 3.45. The first-order valence-corrected chi connectivity index (χ1v) is 9.87. The molecule has 1 unspecified atom stereocenters. The van der Waals surface area contributed by atoms with E-state index in [9.17, 15) is 19.2 Å². The summed E-state index contributed by atoms with van der Waals surface area (Å²) >= 11 is 0. The van der Waals surface area contributed by atoms with Crippen molar-refractivity contribution in [1.82, 2.24) is 14.8 Å². The summed E-state index contributed by atoms with van der Waals surface area (Å²) < 4.78 is 10.3. The van der Waals surface area contributed by atoms with E-state index in [0.29, 0.717) is 37.4 Å². The Morgan fingerprint density at radius 1 is 1.30 bits per heavy atom. The second kappa shape index (κ2) is 9.43. The summed E-state index contributed by atoms with van der Waals surface area (Å²) in [7, 11) is 1.47. The lowest BCUT2D eigenvalue weighted by Gasteiger charge is -2.32. The number of amides is 2. The van der Waals surface area contributed by atoms with Gasteiger partial charge in [-0.25, -0.2) is 0 Å². The van der Waals surface area contributed by atoms with Crippen LogP contribution in [0.1, 0.15) is 30.1 Å². The minimum absolute atomic E-state index is 0.0661. The Morgan fingerprint density at radius 2 is 2.10 bits per heavy atom. The number of aromatic amines is 1. The van der Waals surface area contributed by atoms with Gasteiger partial charge in [-0.2, -0.15) is 0 Å². The molecule has 0 spiro atoms. The van der Waals surface area contributed by atoms with E-state index in [0.717, 1.165) is 0 Å². The maximum atomic E-state index is 12.7. The minimum Gasteiger partial charge on any atom is -0.466 e. The number of hydrogen-bond donors (Lipinski definition) is 1. The number of carbonyl (C=O) groups excluding carboxylic acids is 3. The molecule has 3 heterocycles. The number of likely N-dealkylation sites (tertiary alicyclic amines) is 1. The molecule has 3 rings (SSSR count). The topological polar surface area (TPSA) is 113 Å². The van der Waals surface area contributed by atoms with Gasteiger partial charge in [0.25, 0.3) is 11.5 Å². The van der Waals surface area contributed by atoms with Crippen LogP contribution < -0.4 is 5.56 Å². The number of nitrogens with zero attached hydrogens (tertiary/aromatic N) is 2. The monoisotopic (exact) mass is 415 g/mol. The lowest BCUT2D eigenvalue weighted by Crippen LogP contribution is -2.47. The number of aromatic nitrogens is 1. The van der Waals surface area contributed by atoms with Gasteiger partial charge < -0.3 is 23.9 Å². The van der Waals surface area contributed by atoms with Gasteiger partial charge in [-0.05, 0) is 44.0 Å². The van der Waals surface area contributed by atoms with E-state index in [-0.39, 0.29) is 36.4 Å². The van der Waals surface area contributed by atoms with E-state index in [2.05, 4.69) is 4.98 Å². The Kier molecular flexibility index (Phi) is 6.71. The third-order valence-electron chi connectivity index (χ3n) is 5.04. The Bertz CT molecular complexity index is 965. The molecule has 2 amide bonds. The Morgan fingerprint density at radius 3 is 2.77 bits per heavy atom. The largest absolute Gasteiger partial charge is 0.466 e. The molecule has 0 saturated carbocycles. The summed E-state index contributed by atoms with van der Waals surface area (Å²) in [6.07, 6.45) is 2.86. The summed E-state index contributed by atoms with van der Waals surface area (Å²) in [6, 6.07) is 6.38. The van der Waals surface area contributed by atoms with Crippen molar-refractivity contribution in [3.8, 4) is 11.5 Å². The molecule has 1 saturated heterocycles. The van der Waals surface area contributed by atoms with Gasteiger partial charge >= 0.3 is 5.97 Å². The maximum absolute atomic E-state index is 12.7. The van der Waals surface area contributed by atoms with Crippen LogP contribution in [0.5, 0.6) is 0 Å². The Balaban J connectivity index is 1.63. The van der Waals surface area contributed by atoms with Gasteiger partial charge in [0.05, 0.1) is 31.0 Å². The first-order chi connectivity index (χ1) is 14.4. The van der Waals surface area contributed by atoms with Gasteiger partial charge in [0.2, 0.25) is 5.91 Å². The summed E-state index contributed by atoms with van der Waals surface area (Å²) in [5.74, 6) is -1.00. The van der Waals surface area contributed by atoms with Crippen LogP contribution in [0.15, 0.2) is 39.7 Å². The number of rotatable bonds is 6. The minimum atomic E-state index is -0.562. The molecular weight excluding hydrogens is 390 g/mol. The molecule has 1 aliphatic heterocycles. The standard InChI is InChI=1S/C21H25N3O6/c1-3-29-21(28)14-6-4-10-24(12-14)18(25)13-23(2)20(27)15-8-9-16(22-19(15)26)17-7-5-11-30-17/h5,7-9,11,14H,3-4,6,10,12-13H2,1-2H3,(H,22,26). The fourth-order valence-corrected chi connectivity index (χ4v) is 3.45. The van der Waals surface area contributed by atoms with Crippen LogP contribution in [0.2, 0.25) is 0 Å². The summed E-state index contributed by atoms with van der Waals surface area (Å²) in [5.41, 5.74) is -0.171. The van der Waals surface area contributed by atoms with Gasteiger partial charge in [0.1, 0.15) is 11.3 Å². The molecule has 9 nitrogen and oxygen atoms in total. The third kappa shape index (κ3) is 4.79. The van der Waals surface area contributed by atoms with Gasteiger partial charge in [-0.1, -0.05) is 0 Å². The molecule has 0 radical (unpaired) electrons. The predicted octanol–water partition coefficient (Wildman–Crippen LogP) is 1.51. The van der Waals surface area contributed by atoms with Crippen LogP contribution in [0, 0.1) is 5.92 Å². The molecule has 0 aromatic carbocycles. The average Bonchev–Trinajstić information content (AvgIpc) is 3.28. The highest BCUT2D eigenvalue weighted by atomic mass is 16.5. The highest BCUT2D eigenvalue weighted by molar-refractivity contribution is 5.96. The van der Waals surface area contributed by atoms with E-state index < -0.39 is 11.5 Å². The summed E-state index contributed by atoms with van der Waals surface area (Å²) in [6.45, 7) is 2.65. The van der Waals surface area contributed by atoms with Gasteiger partial charge in [-0.3, -0.25) is 19.2 Å². The number of nitrogens with one attached hydrogen (secondary N) is 1. The smallest absolute Gasteiger partial charge is 0.310 e. The van der Waals surface area contributed by atoms with Crippen LogP contribution in [0.4, 0.5) is 0 Å². The number of esters is 1. The molecule has 2 aromatic rings. The molecule has 1 atom stereocenters. The molecule has 0 bridgehead atoms. The molecule has 2 aromatic heterocycles. The second-order valence-electron chi connectivity index (χ2n) is 7.18. The van der Waals surface area contributed by atoms with Crippen LogP contribution in [0.25, 0.3) is 11.5 Å². The van der Waals surface area contributed by atoms with Crippen LogP contribution in [-0.2, 0) is 14.3 Å². The molecule has 1 aliphatic rings. The number of carbonyl (C=O) groups is 3. The number of H-pyrrole nitrogens is 1. The van der Waals surface area contributed by atoms with Crippen molar-refractivity contribution in [1.29, 1.82) is 0 Å². The van der Waals surface area contributed by atoms with Crippen LogP contribution in [-0.4, -0.2) is 65.9 Å². The molecule has 30 heavy (non-hydrogen) atoms. The number of ether oxygens (including phenoxy) is 1. The van der Waals surface area contributed by atoms with Gasteiger partial charge in [0.15, 0.2) is 0 Å². The Labute approximate surface area is 173 Å². The molecule has 1 fully saturated rings. The quantitative estimate of drug-likeness (QED) is 0.716. The number of pyridine rings is 1. The second-order valence-corrected chi connectivity index (χ2v) is 7.18. The zero-order valence-corrected chi connectivity index (χ0v) is 17.1. The van der Waals surface area contributed by atoms with Crippen LogP contribution >= 0.6 is 0 Å². The molecule has 0 aliphatic carbocycles. The summed E-state index contributed by atoms with van der Waals surface area (Å²) in [4.78, 5) is 55.0. The molecular formula is C21H25N3O6. The van der Waals surface area contributed by atoms with E-state index in [1.807, 2.05) is 0 Å². The lowest BCUT2D eigenvalue weighted by atomic mass is 9.98. The van der Waals surface area contributed by atoms with Gasteiger partial charge in [-0.15, -0.1) is 0 Å². The highest BCUT2D eigenvalue weighted by Gasteiger charge is 2.30. The zero-order valence-electron chi connectivity index (χ0n) is 17.1. The third-order valence-corrected chi connectivity index (χ3v) is 5.04. The zero-order chi connectivity index (χ0) is 21.7. The van der Waals surface area contributed by atoms with E-state index >= 15 is 0 Å². The number of hydrogen-bond acceptors (Lipinski definition) is 6. The SMILES string of the molecule is CCOC(=O)C1CCCN(C(=O)CN(C)C(=O)c2ccc(-c3ccco3)[nH]c2=O)C1. The van der Waals surface area contributed by atoms with Crippen molar-refractivity contribution >= 4 is 17.8 Å². The summed E-state index contributed by atoms with van der Waals surface area (Å²) in [5, 5.41) is 0. The normalized spacial score (nSPS) is 16.2. The van der Waals surface area contributed by atoms with E-state index in [4.69, 9.17) is 9.15 Å². The van der Waals surface area contributed by atoms with Gasteiger partial charge in [0, 0.05) is 20.1 Å². The molecule has 160 valence electrons. The van der Waals surface area contributed by atoms with E-state index in [1.165, 1.54) is 24.3 Å². The van der Waals surface area contributed by atoms with Crippen molar-refractivity contribution < 1.29 is 23.5 Å². The van der Waals surface area contributed by atoms with Crippen molar-refractivity contribution in [3.05, 3.63) is 46.4 Å². The lowest BCUT2D eigenvalue weighted by molar-refractivity contribution is -0.151. The number of furan rings is 1.